The molecule has 0 bridgehead atoms. The van der Waals surface area contributed by atoms with Crippen molar-refractivity contribution in [1.82, 2.24) is 24.1 Å². The summed E-state index contributed by atoms with van der Waals surface area (Å²) in [6, 6.07) is 4.02. The molecule has 0 aliphatic rings. The standard InChI is InChI=1S/C14H16N6/c1-11(8-19-5-4-16-9-19)20-10-17-7-13(20)12-2-3-14(15)18-6-12/h2-7,9-11H,8H2,1H3,(H2,15,18). The summed E-state index contributed by atoms with van der Waals surface area (Å²) in [6.07, 6.45) is 11.0. The molecule has 0 saturated heterocycles. The lowest BCUT2D eigenvalue weighted by molar-refractivity contribution is 0.467. The van der Waals surface area contributed by atoms with Crippen LogP contribution in [-0.4, -0.2) is 24.1 Å². The number of anilines is 1. The maximum atomic E-state index is 5.62. The molecular formula is C14H16N6. The fourth-order valence-corrected chi connectivity index (χ4v) is 2.22. The first-order chi connectivity index (χ1) is 9.74. The molecule has 0 aromatic carbocycles. The van der Waals surface area contributed by atoms with Gasteiger partial charge in [0.15, 0.2) is 0 Å². The van der Waals surface area contributed by atoms with Crippen LogP contribution in [0.4, 0.5) is 5.82 Å². The van der Waals surface area contributed by atoms with E-state index in [9.17, 15) is 0 Å². The average Bonchev–Trinajstić information content (AvgIpc) is 3.10. The Kier molecular flexibility index (Phi) is 3.20. The van der Waals surface area contributed by atoms with Gasteiger partial charge >= 0.3 is 0 Å². The SMILES string of the molecule is CC(Cn1ccnc1)n1cncc1-c1ccc(N)nc1. The molecule has 3 heterocycles. The smallest absolute Gasteiger partial charge is 0.123 e. The van der Waals surface area contributed by atoms with Crippen molar-refractivity contribution < 1.29 is 0 Å². The molecule has 1 unspecified atom stereocenters. The minimum absolute atomic E-state index is 0.263. The number of nitrogens with two attached hydrogens (primary N) is 1. The van der Waals surface area contributed by atoms with E-state index in [2.05, 4.69) is 31.0 Å². The first kappa shape index (κ1) is 12.4. The largest absolute Gasteiger partial charge is 0.384 e. The van der Waals surface area contributed by atoms with Crippen molar-refractivity contribution in [3.8, 4) is 11.3 Å². The molecule has 20 heavy (non-hydrogen) atoms. The van der Waals surface area contributed by atoms with Crippen molar-refractivity contribution in [2.24, 2.45) is 0 Å². The minimum atomic E-state index is 0.263. The maximum absolute atomic E-state index is 5.62. The Bertz CT molecular complexity index is 668. The zero-order chi connectivity index (χ0) is 13.9. The maximum Gasteiger partial charge on any atom is 0.123 e. The number of hydrogen-bond acceptors (Lipinski definition) is 4. The van der Waals surface area contributed by atoms with Gasteiger partial charge in [-0.15, -0.1) is 0 Å². The van der Waals surface area contributed by atoms with E-state index in [0.717, 1.165) is 17.8 Å². The third-order valence-electron chi connectivity index (χ3n) is 3.26. The van der Waals surface area contributed by atoms with Crippen LogP contribution in [0.25, 0.3) is 11.3 Å². The molecule has 2 N–H and O–H groups in total. The number of nitrogen functional groups attached to an aromatic ring is 1. The van der Waals surface area contributed by atoms with Crippen LogP contribution in [0, 0.1) is 0 Å². The Labute approximate surface area is 116 Å². The fourth-order valence-electron chi connectivity index (χ4n) is 2.22. The van der Waals surface area contributed by atoms with E-state index in [1.807, 2.05) is 31.1 Å². The number of aromatic nitrogens is 5. The van der Waals surface area contributed by atoms with Gasteiger partial charge in [-0.3, -0.25) is 0 Å². The predicted molar refractivity (Wildman–Crippen MR) is 76.8 cm³/mol. The van der Waals surface area contributed by atoms with E-state index < -0.39 is 0 Å². The molecule has 0 amide bonds. The molecule has 6 heteroatoms. The van der Waals surface area contributed by atoms with Crippen molar-refractivity contribution >= 4 is 5.82 Å². The topological polar surface area (TPSA) is 74.5 Å². The number of hydrogen-bond donors (Lipinski definition) is 1. The summed E-state index contributed by atoms with van der Waals surface area (Å²) >= 11 is 0. The van der Waals surface area contributed by atoms with Crippen LogP contribution in [-0.2, 0) is 6.54 Å². The molecule has 3 rings (SSSR count). The molecule has 3 aromatic rings. The summed E-state index contributed by atoms with van der Waals surface area (Å²) in [5.74, 6) is 0.520. The monoisotopic (exact) mass is 268 g/mol. The molecule has 3 aromatic heterocycles. The summed E-state index contributed by atoms with van der Waals surface area (Å²) in [5, 5.41) is 0. The quantitative estimate of drug-likeness (QED) is 0.785. The van der Waals surface area contributed by atoms with Crippen molar-refractivity contribution in [3.05, 3.63) is 49.6 Å². The molecule has 6 nitrogen and oxygen atoms in total. The number of imidazole rings is 2. The van der Waals surface area contributed by atoms with Gasteiger partial charge in [0.1, 0.15) is 5.82 Å². The van der Waals surface area contributed by atoms with Gasteiger partial charge in [0.25, 0.3) is 0 Å². The zero-order valence-corrected chi connectivity index (χ0v) is 11.2. The molecule has 0 aliphatic heterocycles. The minimum Gasteiger partial charge on any atom is -0.384 e. The van der Waals surface area contributed by atoms with Crippen molar-refractivity contribution in [1.29, 1.82) is 0 Å². The number of nitrogens with zero attached hydrogens (tertiary/aromatic N) is 5. The fraction of sp³-hybridized carbons (Fsp3) is 0.214. The molecular weight excluding hydrogens is 252 g/mol. The molecule has 0 aliphatic carbocycles. The van der Waals surface area contributed by atoms with Gasteiger partial charge in [0.05, 0.1) is 30.6 Å². The summed E-state index contributed by atoms with van der Waals surface area (Å²) in [7, 11) is 0. The Morgan fingerprint density at radius 1 is 1.20 bits per heavy atom. The van der Waals surface area contributed by atoms with Crippen LogP contribution < -0.4 is 5.73 Å². The van der Waals surface area contributed by atoms with Crippen LogP contribution >= 0.6 is 0 Å². The van der Waals surface area contributed by atoms with Gasteiger partial charge in [-0.2, -0.15) is 0 Å². The summed E-state index contributed by atoms with van der Waals surface area (Å²) in [6.45, 7) is 2.99. The van der Waals surface area contributed by atoms with Gasteiger partial charge < -0.3 is 14.9 Å². The van der Waals surface area contributed by atoms with E-state index >= 15 is 0 Å². The second-order valence-electron chi connectivity index (χ2n) is 4.77. The summed E-state index contributed by atoms with van der Waals surface area (Å²) in [5.41, 5.74) is 7.67. The van der Waals surface area contributed by atoms with E-state index in [-0.39, 0.29) is 6.04 Å². The predicted octanol–water partition coefficient (Wildman–Crippen LogP) is 1.98. The van der Waals surface area contributed by atoms with Gasteiger partial charge in [-0.05, 0) is 19.1 Å². The second kappa shape index (κ2) is 5.16. The van der Waals surface area contributed by atoms with Crippen molar-refractivity contribution in [3.63, 3.8) is 0 Å². The van der Waals surface area contributed by atoms with Crippen LogP contribution in [0.1, 0.15) is 13.0 Å². The summed E-state index contributed by atoms with van der Waals surface area (Å²) in [4.78, 5) is 12.4. The van der Waals surface area contributed by atoms with Gasteiger partial charge in [-0.1, -0.05) is 0 Å². The van der Waals surface area contributed by atoms with Crippen molar-refractivity contribution in [2.45, 2.75) is 19.5 Å². The average molecular weight is 268 g/mol. The molecule has 0 fully saturated rings. The number of pyridine rings is 1. The van der Waals surface area contributed by atoms with E-state index in [4.69, 9.17) is 5.73 Å². The lowest BCUT2D eigenvalue weighted by atomic mass is 10.2. The molecule has 0 saturated carbocycles. The van der Waals surface area contributed by atoms with Crippen LogP contribution in [0.15, 0.2) is 49.6 Å². The highest BCUT2D eigenvalue weighted by Crippen LogP contribution is 2.23. The molecule has 1 atom stereocenters. The van der Waals surface area contributed by atoms with E-state index in [0.29, 0.717) is 5.82 Å². The number of rotatable bonds is 4. The lowest BCUT2D eigenvalue weighted by Crippen LogP contribution is -2.12. The molecule has 0 radical (unpaired) electrons. The highest BCUT2D eigenvalue weighted by molar-refractivity contribution is 5.59. The zero-order valence-electron chi connectivity index (χ0n) is 11.2. The lowest BCUT2D eigenvalue weighted by Gasteiger charge is -2.17. The molecule has 0 spiro atoms. The third-order valence-corrected chi connectivity index (χ3v) is 3.26. The first-order valence-corrected chi connectivity index (χ1v) is 6.43. The van der Waals surface area contributed by atoms with Gasteiger partial charge in [0.2, 0.25) is 0 Å². The van der Waals surface area contributed by atoms with Crippen molar-refractivity contribution in [2.75, 3.05) is 5.73 Å². The molecule has 102 valence electrons. The Morgan fingerprint density at radius 3 is 2.80 bits per heavy atom. The highest BCUT2D eigenvalue weighted by atomic mass is 15.1. The Morgan fingerprint density at radius 2 is 2.10 bits per heavy atom. The van der Waals surface area contributed by atoms with E-state index in [1.54, 1.807) is 18.5 Å². The first-order valence-electron chi connectivity index (χ1n) is 6.43. The van der Waals surface area contributed by atoms with Crippen LogP contribution in [0.3, 0.4) is 0 Å². The second-order valence-corrected chi connectivity index (χ2v) is 4.77. The van der Waals surface area contributed by atoms with E-state index in [1.165, 1.54) is 0 Å². The Balaban J connectivity index is 1.87. The third kappa shape index (κ3) is 2.40. The van der Waals surface area contributed by atoms with Crippen LogP contribution in [0.2, 0.25) is 0 Å². The van der Waals surface area contributed by atoms with Crippen LogP contribution in [0.5, 0.6) is 0 Å². The highest BCUT2D eigenvalue weighted by Gasteiger charge is 2.11. The van der Waals surface area contributed by atoms with Gasteiger partial charge in [-0.25, -0.2) is 15.0 Å². The summed E-state index contributed by atoms with van der Waals surface area (Å²) < 4.78 is 4.18. The Hall–Kier alpha value is -2.63. The normalized spacial score (nSPS) is 12.4. The van der Waals surface area contributed by atoms with Gasteiger partial charge in [0, 0.05) is 30.7 Å².